The van der Waals surface area contributed by atoms with Gasteiger partial charge in [-0.25, -0.2) is 4.79 Å². The molecule has 0 spiro atoms. The fourth-order valence-electron chi connectivity index (χ4n) is 1.95. The first-order valence-electron chi connectivity index (χ1n) is 5.94. The first-order chi connectivity index (χ1) is 8.70. The van der Waals surface area contributed by atoms with Crippen molar-refractivity contribution in [1.29, 1.82) is 0 Å². The van der Waals surface area contributed by atoms with Gasteiger partial charge in [-0.1, -0.05) is 42.5 Å². The van der Waals surface area contributed by atoms with Crippen molar-refractivity contribution in [2.75, 3.05) is 7.11 Å². The summed E-state index contributed by atoms with van der Waals surface area (Å²) in [6.07, 6.45) is -0.00646. The average Bonchev–Trinajstić information content (AvgIpc) is 2.43. The van der Waals surface area contributed by atoms with E-state index in [4.69, 9.17) is 0 Å². The van der Waals surface area contributed by atoms with Crippen molar-refractivity contribution in [3.8, 4) is 0 Å². The highest BCUT2D eigenvalue weighted by Crippen LogP contribution is 2.17. The van der Waals surface area contributed by atoms with Gasteiger partial charge in [0.15, 0.2) is 6.10 Å². The lowest BCUT2D eigenvalue weighted by Crippen LogP contribution is -2.22. The Kier molecular flexibility index (Phi) is 3.95. The largest absolute Gasteiger partial charge is 0.467 e. The van der Waals surface area contributed by atoms with Crippen LogP contribution in [0.15, 0.2) is 42.5 Å². The standard InChI is InChI=1S/C15H16O3/c1-18-15(17)14(16)9-7-11-6-8-12-4-2-3-5-13(12)10-11/h2-6,8,10,14,16H,7,9H2,1H3. The van der Waals surface area contributed by atoms with E-state index < -0.39 is 12.1 Å². The molecule has 0 amide bonds. The van der Waals surface area contributed by atoms with Gasteiger partial charge in [-0.05, 0) is 29.2 Å². The predicted molar refractivity (Wildman–Crippen MR) is 70.3 cm³/mol. The van der Waals surface area contributed by atoms with Gasteiger partial charge >= 0.3 is 5.97 Å². The van der Waals surface area contributed by atoms with Gasteiger partial charge in [0.05, 0.1) is 7.11 Å². The van der Waals surface area contributed by atoms with Crippen LogP contribution < -0.4 is 0 Å². The number of hydrogen-bond acceptors (Lipinski definition) is 3. The number of aliphatic hydroxyl groups is 1. The van der Waals surface area contributed by atoms with Gasteiger partial charge < -0.3 is 9.84 Å². The topological polar surface area (TPSA) is 46.5 Å². The van der Waals surface area contributed by atoms with E-state index in [1.165, 1.54) is 17.9 Å². The van der Waals surface area contributed by atoms with E-state index in [1.807, 2.05) is 18.2 Å². The zero-order valence-electron chi connectivity index (χ0n) is 10.3. The number of rotatable bonds is 4. The smallest absolute Gasteiger partial charge is 0.334 e. The molecular weight excluding hydrogens is 228 g/mol. The van der Waals surface area contributed by atoms with Gasteiger partial charge in [0, 0.05) is 0 Å². The minimum absolute atomic E-state index is 0.380. The molecule has 0 aromatic heterocycles. The number of methoxy groups -OCH3 is 1. The minimum Gasteiger partial charge on any atom is -0.467 e. The summed E-state index contributed by atoms with van der Waals surface area (Å²) in [6.45, 7) is 0. The van der Waals surface area contributed by atoms with Crippen molar-refractivity contribution in [3.63, 3.8) is 0 Å². The first kappa shape index (κ1) is 12.6. The third kappa shape index (κ3) is 2.87. The van der Waals surface area contributed by atoms with Gasteiger partial charge in [-0.3, -0.25) is 0 Å². The Balaban J connectivity index is 2.06. The highest BCUT2D eigenvalue weighted by Gasteiger charge is 2.14. The molecule has 0 heterocycles. The zero-order chi connectivity index (χ0) is 13.0. The maximum Gasteiger partial charge on any atom is 0.334 e. The number of aliphatic hydroxyl groups excluding tert-OH is 1. The third-order valence-corrected chi connectivity index (χ3v) is 2.99. The first-order valence-corrected chi connectivity index (χ1v) is 5.94. The van der Waals surface area contributed by atoms with Gasteiger partial charge in [0.1, 0.15) is 0 Å². The number of carbonyl (C=O) groups is 1. The molecule has 0 saturated carbocycles. The molecule has 18 heavy (non-hydrogen) atoms. The highest BCUT2D eigenvalue weighted by atomic mass is 16.5. The van der Waals surface area contributed by atoms with Crippen LogP contribution in [-0.2, 0) is 16.0 Å². The van der Waals surface area contributed by atoms with E-state index in [0.717, 1.165) is 5.56 Å². The van der Waals surface area contributed by atoms with Crippen molar-refractivity contribution in [2.45, 2.75) is 18.9 Å². The van der Waals surface area contributed by atoms with E-state index in [1.54, 1.807) is 0 Å². The van der Waals surface area contributed by atoms with Crippen LogP contribution in [0.1, 0.15) is 12.0 Å². The van der Waals surface area contributed by atoms with E-state index in [2.05, 4.69) is 29.0 Å². The van der Waals surface area contributed by atoms with Crippen LogP contribution >= 0.6 is 0 Å². The number of ether oxygens (including phenoxy) is 1. The molecule has 1 atom stereocenters. The molecule has 3 heteroatoms. The number of fused-ring (bicyclic) bond motifs is 1. The summed E-state index contributed by atoms with van der Waals surface area (Å²) in [4.78, 5) is 11.1. The quantitative estimate of drug-likeness (QED) is 0.839. The number of aryl methyl sites for hydroxylation is 1. The van der Waals surface area contributed by atoms with Crippen molar-refractivity contribution in [2.24, 2.45) is 0 Å². The van der Waals surface area contributed by atoms with Crippen LogP contribution in [0, 0.1) is 0 Å². The normalized spacial score (nSPS) is 12.3. The Morgan fingerprint density at radius 1 is 1.22 bits per heavy atom. The molecule has 2 aromatic rings. The second-order valence-corrected chi connectivity index (χ2v) is 4.26. The monoisotopic (exact) mass is 244 g/mol. The molecule has 3 nitrogen and oxygen atoms in total. The fraction of sp³-hybridized carbons (Fsp3) is 0.267. The van der Waals surface area contributed by atoms with Crippen molar-refractivity contribution < 1.29 is 14.6 Å². The summed E-state index contributed by atoms with van der Waals surface area (Å²) < 4.78 is 4.48. The molecule has 0 saturated heterocycles. The van der Waals surface area contributed by atoms with Gasteiger partial charge in [0.25, 0.3) is 0 Å². The Bertz CT molecular complexity index is 548. The van der Waals surface area contributed by atoms with Crippen LogP contribution in [0.4, 0.5) is 0 Å². The SMILES string of the molecule is COC(=O)C(O)CCc1ccc2ccccc2c1. The van der Waals surface area contributed by atoms with Crippen molar-refractivity contribution >= 4 is 16.7 Å². The zero-order valence-corrected chi connectivity index (χ0v) is 10.3. The second kappa shape index (κ2) is 5.65. The number of carbonyl (C=O) groups excluding carboxylic acids is 1. The third-order valence-electron chi connectivity index (χ3n) is 2.99. The van der Waals surface area contributed by atoms with Crippen LogP contribution in [-0.4, -0.2) is 24.3 Å². The van der Waals surface area contributed by atoms with Crippen molar-refractivity contribution in [1.82, 2.24) is 0 Å². The lowest BCUT2D eigenvalue weighted by molar-refractivity contribution is -0.150. The van der Waals surface area contributed by atoms with Gasteiger partial charge in [0.2, 0.25) is 0 Å². The Morgan fingerprint density at radius 3 is 2.67 bits per heavy atom. The molecule has 0 aliphatic carbocycles. The van der Waals surface area contributed by atoms with Crippen LogP contribution in [0.2, 0.25) is 0 Å². The summed E-state index contributed by atoms with van der Waals surface area (Å²) in [6, 6.07) is 14.3. The molecule has 1 unspecified atom stereocenters. The molecule has 0 radical (unpaired) electrons. The summed E-state index contributed by atoms with van der Waals surface area (Å²) in [7, 11) is 1.28. The fourth-order valence-corrected chi connectivity index (χ4v) is 1.95. The number of esters is 1. The van der Waals surface area contributed by atoms with Crippen LogP contribution in [0.5, 0.6) is 0 Å². The highest BCUT2D eigenvalue weighted by molar-refractivity contribution is 5.83. The maximum atomic E-state index is 11.1. The second-order valence-electron chi connectivity index (χ2n) is 4.26. The summed E-state index contributed by atoms with van der Waals surface area (Å²) in [5, 5.41) is 11.9. The van der Waals surface area contributed by atoms with Gasteiger partial charge in [-0.15, -0.1) is 0 Å². The molecule has 1 N–H and O–H groups in total. The van der Waals surface area contributed by atoms with Gasteiger partial charge in [-0.2, -0.15) is 0 Å². The predicted octanol–water partition coefficient (Wildman–Crippen LogP) is 2.31. The Labute approximate surface area is 106 Å². The van der Waals surface area contributed by atoms with Crippen LogP contribution in [0.25, 0.3) is 10.8 Å². The van der Waals surface area contributed by atoms with E-state index in [-0.39, 0.29) is 0 Å². The Hall–Kier alpha value is -1.87. The minimum atomic E-state index is -1.04. The molecule has 0 aliphatic heterocycles. The molecule has 2 aromatic carbocycles. The molecule has 94 valence electrons. The summed E-state index contributed by atoms with van der Waals surface area (Å²) in [5.74, 6) is -0.573. The number of benzene rings is 2. The lowest BCUT2D eigenvalue weighted by Gasteiger charge is -2.08. The van der Waals surface area contributed by atoms with E-state index >= 15 is 0 Å². The summed E-state index contributed by atoms with van der Waals surface area (Å²) >= 11 is 0. The maximum absolute atomic E-state index is 11.1. The molecular formula is C15H16O3. The molecule has 2 rings (SSSR count). The molecule has 0 fully saturated rings. The lowest BCUT2D eigenvalue weighted by atomic mass is 10.0. The average molecular weight is 244 g/mol. The number of hydrogen-bond donors (Lipinski definition) is 1. The van der Waals surface area contributed by atoms with E-state index in [9.17, 15) is 9.90 Å². The molecule has 0 bridgehead atoms. The van der Waals surface area contributed by atoms with E-state index in [0.29, 0.717) is 12.8 Å². The Morgan fingerprint density at radius 2 is 1.94 bits per heavy atom. The summed E-state index contributed by atoms with van der Waals surface area (Å²) in [5.41, 5.74) is 1.11. The molecule has 0 aliphatic rings. The van der Waals surface area contributed by atoms with Crippen molar-refractivity contribution in [3.05, 3.63) is 48.0 Å². The van der Waals surface area contributed by atoms with Crippen LogP contribution in [0.3, 0.4) is 0 Å².